The molecule has 0 aliphatic rings. The number of carbonyl (C=O) groups excluding carboxylic acids is 1. The largest absolute Gasteiger partial charge is 0.468 e. The molecule has 4 nitrogen and oxygen atoms in total. The smallest absolute Gasteiger partial charge is 0.326 e. The minimum absolute atomic E-state index is 0.181. The van der Waals surface area contributed by atoms with Gasteiger partial charge in [-0.25, -0.2) is 0 Å². The van der Waals surface area contributed by atoms with E-state index >= 15 is 0 Å². The molecule has 0 aliphatic carbocycles. The quantitative estimate of drug-likeness (QED) is 0.649. The van der Waals surface area contributed by atoms with Crippen molar-refractivity contribution in [1.82, 2.24) is 5.32 Å². The number of methoxy groups -OCH3 is 1. The summed E-state index contributed by atoms with van der Waals surface area (Å²) in [6.07, 6.45) is 0.740. The van der Waals surface area contributed by atoms with Gasteiger partial charge in [-0.05, 0) is 27.2 Å². The molecule has 0 amide bonds. The summed E-state index contributed by atoms with van der Waals surface area (Å²) in [5.41, 5.74) is -0.669. The molecule has 0 aromatic carbocycles. The van der Waals surface area contributed by atoms with Crippen molar-refractivity contribution < 1.29 is 14.6 Å². The first-order chi connectivity index (χ1) is 7.85. The van der Waals surface area contributed by atoms with Crippen molar-refractivity contribution in [2.75, 3.05) is 19.5 Å². The zero-order valence-electron chi connectivity index (χ0n) is 11.4. The van der Waals surface area contributed by atoms with Crippen LogP contribution >= 0.6 is 11.8 Å². The van der Waals surface area contributed by atoms with Gasteiger partial charge < -0.3 is 9.84 Å². The van der Waals surface area contributed by atoms with Gasteiger partial charge >= 0.3 is 5.97 Å². The highest BCUT2D eigenvalue weighted by molar-refractivity contribution is 8.00. The monoisotopic (exact) mass is 263 g/mol. The van der Waals surface area contributed by atoms with Gasteiger partial charge in [-0.3, -0.25) is 10.1 Å². The Morgan fingerprint density at radius 2 is 2.06 bits per heavy atom. The van der Waals surface area contributed by atoms with Crippen LogP contribution in [0.4, 0.5) is 0 Å². The van der Waals surface area contributed by atoms with Gasteiger partial charge in [-0.15, -0.1) is 0 Å². The Bertz CT molecular complexity index is 236. The molecule has 2 atom stereocenters. The van der Waals surface area contributed by atoms with Crippen LogP contribution in [0, 0.1) is 0 Å². The molecule has 0 saturated heterocycles. The lowest BCUT2D eigenvalue weighted by Gasteiger charge is -2.30. The van der Waals surface area contributed by atoms with E-state index in [0.29, 0.717) is 11.0 Å². The molecular formula is C12H25NO3S. The minimum Gasteiger partial charge on any atom is -0.468 e. The maximum absolute atomic E-state index is 11.8. The van der Waals surface area contributed by atoms with Crippen molar-refractivity contribution in [3.05, 3.63) is 0 Å². The fourth-order valence-electron chi connectivity index (χ4n) is 1.60. The standard InChI is InChI=1S/C12H25NO3S/c1-9(2)13-12(4,11(15)16-5)8-17-10(3)6-7-14/h9-10,13-14H,6-8H2,1-5H3. The Labute approximate surface area is 108 Å². The number of aliphatic hydroxyl groups is 1. The molecule has 5 heteroatoms. The third kappa shape index (κ3) is 6.29. The van der Waals surface area contributed by atoms with E-state index in [1.54, 1.807) is 11.8 Å². The second kappa shape index (κ2) is 7.95. The van der Waals surface area contributed by atoms with Crippen LogP contribution in [0.15, 0.2) is 0 Å². The number of carbonyl (C=O) groups is 1. The summed E-state index contributed by atoms with van der Waals surface area (Å²) in [6, 6.07) is 0.216. The second-order valence-corrected chi connectivity index (χ2v) is 6.18. The molecule has 0 spiro atoms. The Hall–Kier alpha value is -0.260. The van der Waals surface area contributed by atoms with Gasteiger partial charge in [-0.2, -0.15) is 11.8 Å². The van der Waals surface area contributed by atoms with Gasteiger partial charge in [0.05, 0.1) is 7.11 Å². The normalized spacial score (nSPS) is 16.6. The topological polar surface area (TPSA) is 58.6 Å². The van der Waals surface area contributed by atoms with Gasteiger partial charge in [0, 0.05) is 23.7 Å². The lowest BCUT2D eigenvalue weighted by atomic mass is 10.0. The molecule has 0 fully saturated rings. The van der Waals surface area contributed by atoms with Crippen LogP contribution < -0.4 is 5.32 Å². The number of ether oxygens (including phenoxy) is 1. The third-order valence-electron chi connectivity index (χ3n) is 2.44. The number of hydrogen-bond donors (Lipinski definition) is 2. The first kappa shape index (κ1) is 16.7. The van der Waals surface area contributed by atoms with Crippen molar-refractivity contribution in [2.45, 2.75) is 50.9 Å². The molecule has 0 saturated carbocycles. The number of esters is 1. The molecule has 17 heavy (non-hydrogen) atoms. The van der Waals surface area contributed by atoms with Gasteiger partial charge in [0.15, 0.2) is 0 Å². The fraction of sp³-hybridized carbons (Fsp3) is 0.917. The van der Waals surface area contributed by atoms with E-state index in [1.807, 2.05) is 27.7 Å². The molecule has 2 N–H and O–H groups in total. The summed E-state index contributed by atoms with van der Waals surface area (Å²) in [5, 5.41) is 12.4. The molecule has 0 heterocycles. The molecule has 0 aromatic heterocycles. The van der Waals surface area contributed by atoms with Crippen LogP contribution in [0.3, 0.4) is 0 Å². The van der Waals surface area contributed by atoms with Crippen LogP contribution in [0.25, 0.3) is 0 Å². The van der Waals surface area contributed by atoms with Crippen molar-refractivity contribution in [2.24, 2.45) is 0 Å². The van der Waals surface area contributed by atoms with Crippen LogP contribution in [0.5, 0.6) is 0 Å². The van der Waals surface area contributed by atoms with E-state index in [0.717, 1.165) is 6.42 Å². The number of thioether (sulfide) groups is 1. The SMILES string of the molecule is COC(=O)C(C)(CSC(C)CCO)NC(C)C. The summed E-state index contributed by atoms with van der Waals surface area (Å²) in [4.78, 5) is 11.8. The summed E-state index contributed by atoms with van der Waals surface area (Å²) in [5.74, 6) is 0.397. The Balaban J connectivity index is 4.43. The Morgan fingerprint density at radius 1 is 1.47 bits per heavy atom. The molecular weight excluding hydrogens is 238 g/mol. The molecule has 0 rings (SSSR count). The van der Waals surface area contributed by atoms with E-state index in [2.05, 4.69) is 5.32 Å². The van der Waals surface area contributed by atoms with Gasteiger partial charge in [-0.1, -0.05) is 6.92 Å². The molecule has 2 unspecified atom stereocenters. The average molecular weight is 263 g/mol. The first-order valence-electron chi connectivity index (χ1n) is 5.94. The van der Waals surface area contributed by atoms with Crippen molar-refractivity contribution in [3.8, 4) is 0 Å². The zero-order valence-corrected chi connectivity index (χ0v) is 12.3. The first-order valence-corrected chi connectivity index (χ1v) is 6.99. The number of hydrogen-bond acceptors (Lipinski definition) is 5. The Kier molecular flexibility index (Phi) is 7.83. The van der Waals surface area contributed by atoms with E-state index in [-0.39, 0.29) is 18.6 Å². The van der Waals surface area contributed by atoms with Gasteiger partial charge in [0.25, 0.3) is 0 Å². The summed E-state index contributed by atoms with van der Waals surface area (Å²) < 4.78 is 4.84. The fourth-order valence-corrected chi connectivity index (χ4v) is 2.69. The maximum atomic E-state index is 11.8. The lowest BCUT2D eigenvalue weighted by Crippen LogP contribution is -2.55. The van der Waals surface area contributed by atoms with Crippen molar-refractivity contribution in [3.63, 3.8) is 0 Å². The van der Waals surface area contributed by atoms with Crippen molar-refractivity contribution in [1.29, 1.82) is 0 Å². The lowest BCUT2D eigenvalue weighted by molar-refractivity contribution is -0.147. The molecule has 0 aliphatic heterocycles. The predicted octanol–water partition coefficient (Wildman–Crippen LogP) is 1.42. The maximum Gasteiger partial charge on any atom is 0.326 e. The average Bonchev–Trinajstić information content (AvgIpc) is 2.25. The van der Waals surface area contributed by atoms with Crippen molar-refractivity contribution >= 4 is 17.7 Å². The third-order valence-corrected chi connectivity index (χ3v) is 3.98. The molecule has 102 valence electrons. The van der Waals surface area contributed by atoms with Crippen LogP contribution in [-0.2, 0) is 9.53 Å². The van der Waals surface area contributed by atoms with E-state index in [4.69, 9.17) is 9.84 Å². The summed E-state index contributed by atoms with van der Waals surface area (Å²) in [6.45, 7) is 8.10. The van der Waals surface area contributed by atoms with E-state index < -0.39 is 5.54 Å². The Morgan fingerprint density at radius 3 is 2.47 bits per heavy atom. The zero-order chi connectivity index (χ0) is 13.5. The van der Waals surface area contributed by atoms with Gasteiger partial charge in [0.2, 0.25) is 0 Å². The number of aliphatic hydroxyl groups excluding tert-OH is 1. The number of nitrogens with one attached hydrogen (secondary N) is 1. The second-order valence-electron chi connectivity index (χ2n) is 4.76. The summed E-state index contributed by atoms with van der Waals surface area (Å²) >= 11 is 1.67. The molecule has 0 bridgehead atoms. The highest BCUT2D eigenvalue weighted by Crippen LogP contribution is 2.21. The predicted molar refractivity (Wildman–Crippen MR) is 72.3 cm³/mol. The van der Waals surface area contributed by atoms with Crippen LogP contribution in [0.2, 0.25) is 0 Å². The van der Waals surface area contributed by atoms with Gasteiger partial charge in [0.1, 0.15) is 5.54 Å². The van der Waals surface area contributed by atoms with Crippen LogP contribution in [0.1, 0.15) is 34.1 Å². The molecule has 0 aromatic rings. The number of rotatable bonds is 8. The van der Waals surface area contributed by atoms with Crippen LogP contribution in [-0.4, -0.2) is 47.4 Å². The van der Waals surface area contributed by atoms with E-state index in [9.17, 15) is 4.79 Å². The minimum atomic E-state index is -0.669. The van der Waals surface area contributed by atoms with E-state index in [1.165, 1.54) is 7.11 Å². The summed E-state index contributed by atoms with van der Waals surface area (Å²) in [7, 11) is 1.41. The highest BCUT2D eigenvalue weighted by Gasteiger charge is 2.35. The highest BCUT2D eigenvalue weighted by atomic mass is 32.2. The molecule has 0 radical (unpaired) electrons.